The zero-order valence-corrected chi connectivity index (χ0v) is 25.8. The van der Waals surface area contributed by atoms with Crippen LogP contribution >= 0.6 is 0 Å². The number of hydrogen-bond acceptors (Lipinski definition) is 6. The maximum atomic E-state index is 13.7. The normalized spacial score (nSPS) is 10.8. The van der Waals surface area contributed by atoms with Gasteiger partial charge in [-0.15, -0.1) is 0 Å². The van der Waals surface area contributed by atoms with Crippen molar-refractivity contribution < 1.29 is 19.1 Å². The number of carbonyl (C=O) groups excluding carboxylic acids is 2. The van der Waals surface area contributed by atoms with Gasteiger partial charge in [-0.05, 0) is 65.9 Å². The quantitative estimate of drug-likeness (QED) is 0.208. The molecule has 0 unspecified atom stereocenters. The summed E-state index contributed by atoms with van der Waals surface area (Å²) in [7, 11) is 3.13. The average Bonchev–Trinajstić information content (AvgIpc) is 3.08. The second kappa shape index (κ2) is 14.9. The van der Waals surface area contributed by atoms with E-state index in [4.69, 9.17) is 9.47 Å². The first-order valence-electron chi connectivity index (χ1n) is 15.0. The van der Waals surface area contributed by atoms with Gasteiger partial charge in [0.05, 0.1) is 37.2 Å². The zero-order valence-electron chi connectivity index (χ0n) is 25.8. The topological polar surface area (TPSA) is 121 Å². The van der Waals surface area contributed by atoms with Crippen molar-refractivity contribution >= 4 is 22.7 Å². The van der Waals surface area contributed by atoms with Gasteiger partial charge in [0.1, 0.15) is 6.54 Å². The summed E-state index contributed by atoms with van der Waals surface area (Å²) in [5.41, 5.74) is 2.42. The number of rotatable bonds is 13. The third kappa shape index (κ3) is 7.52. The second-order valence-electron chi connectivity index (χ2n) is 10.7. The highest BCUT2D eigenvalue weighted by Gasteiger charge is 2.17. The Morgan fingerprint density at radius 3 is 2.02 bits per heavy atom. The van der Waals surface area contributed by atoms with Gasteiger partial charge in [0.25, 0.3) is 5.56 Å². The zero-order chi connectivity index (χ0) is 32.5. The summed E-state index contributed by atoms with van der Waals surface area (Å²) in [6.45, 7) is 0.589. The van der Waals surface area contributed by atoms with Gasteiger partial charge in [-0.25, -0.2) is 9.36 Å². The molecule has 0 fully saturated rings. The van der Waals surface area contributed by atoms with Crippen LogP contribution in [0, 0.1) is 0 Å². The van der Waals surface area contributed by atoms with Gasteiger partial charge in [0.15, 0.2) is 11.5 Å². The van der Waals surface area contributed by atoms with Gasteiger partial charge in [0.2, 0.25) is 11.8 Å². The van der Waals surface area contributed by atoms with Crippen LogP contribution < -0.4 is 31.4 Å². The molecule has 5 rings (SSSR count). The monoisotopic (exact) mass is 620 g/mol. The maximum Gasteiger partial charge on any atom is 0.336 e. The van der Waals surface area contributed by atoms with E-state index in [0.29, 0.717) is 47.6 Å². The highest BCUT2D eigenvalue weighted by atomic mass is 16.5. The van der Waals surface area contributed by atoms with Crippen LogP contribution in [0.5, 0.6) is 11.5 Å². The van der Waals surface area contributed by atoms with E-state index in [-0.39, 0.29) is 24.8 Å². The highest BCUT2D eigenvalue weighted by Crippen LogP contribution is 2.27. The predicted octanol–water partition coefficient (Wildman–Crippen LogP) is 3.43. The van der Waals surface area contributed by atoms with Gasteiger partial charge >= 0.3 is 5.69 Å². The summed E-state index contributed by atoms with van der Waals surface area (Å²) < 4.78 is 13.0. The van der Waals surface area contributed by atoms with Crippen LogP contribution in [0.2, 0.25) is 0 Å². The van der Waals surface area contributed by atoms with Crippen LogP contribution in [-0.2, 0) is 35.4 Å². The number of benzene rings is 4. The molecule has 2 N–H and O–H groups in total. The lowest BCUT2D eigenvalue weighted by molar-refractivity contribution is -0.122. The van der Waals surface area contributed by atoms with E-state index < -0.39 is 11.2 Å². The van der Waals surface area contributed by atoms with Crippen molar-refractivity contribution in [3.05, 3.63) is 135 Å². The third-order valence-corrected chi connectivity index (χ3v) is 7.67. The van der Waals surface area contributed by atoms with Crippen LogP contribution in [0.25, 0.3) is 16.6 Å². The van der Waals surface area contributed by atoms with Crippen molar-refractivity contribution in [2.24, 2.45) is 0 Å². The number of ether oxygens (including phenoxy) is 2. The molecule has 5 aromatic rings. The van der Waals surface area contributed by atoms with Crippen molar-refractivity contribution in [2.45, 2.75) is 25.8 Å². The lowest BCUT2D eigenvalue weighted by atomic mass is 10.1. The van der Waals surface area contributed by atoms with E-state index in [9.17, 15) is 19.2 Å². The first kappa shape index (κ1) is 31.8. The molecule has 10 heteroatoms. The molecular weight excluding hydrogens is 584 g/mol. The van der Waals surface area contributed by atoms with E-state index in [1.54, 1.807) is 68.8 Å². The van der Waals surface area contributed by atoms with E-state index in [1.807, 2.05) is 42.5 Å². The number of para-hydroxylation sites is 1. The summed E-state index contributed by atoms with van der Waals surface area (Å²) in [6, 6.07) is 28.9. The van der Waals surface area contributed by atoms with E-state index >= 15 is 0 Å². The van der Waals surface area contributed by atoms with Crippen LogP contribution in [0.15, 0.2) is 107 Å². The Kier molecular flexibility index (Phi) is 10.3. The Morgan fingerprint density at radius 1 is 0.674 bits per heavy atom. The van der Waals surface area contributed by atoms with E-state index in [1.165, 1.54) is 4.57 Å². The van der Waals surface area contributed by atoms with E-state index in [0.717, 1.165) is 27.7 Å². The molecule has 0 saturated heterocycles. The summed E-state index contributed by atoms with van der Waals surface area (Å²) in [6.07, 6.45) is 1.44. The molecule has 46 heavy (non-hydrogen) atoms. The van der Waals surface area contributed by atoms with Crippen LogP contribution in [0.1, 0.15) is 16.7 Å². The van der Waals surface area contributed by atoms with E-state index in [2.05, 4.69) is 10.6 Å². The minimum Gasteiger partial charge on any atom is -0.493 e. The molecule has 10 nitrogen and oxygen atoms in total. The molecule has 0 radical (unpaired) electrons. The minimum atomic E-state index is -0.634. The molecule has 0 bridgehead atoms. The fourth-order valence-corrected chi connectivity index (χ4v) is 5.29. The molecule has 0 saturated carbocycles. The van der Waals surface area contributed by atoms with Crippen LogP contribution in [-0.4, -0.2) is 48.3 Å². The Morgan fingerprint density at radius 2 is 1.30 bits per heavy atom. The molecular formula is C36H36N4O6. The largest absolute Gasteiger partial charge is 0.493 e. The van der Waals surface area contributed by atoms with Crippen molar-refractivity contribution in [3.8, 4) is 17.2 Å². The fraction of sp³-hybridized carbons (Fsp3) is 0.222. The third-order valence-electron chi connectivity index (χ3n) is 7.67. The molecule has 0 aliphatic heterocycles. The lowest BCUT2D eigenvalue weighted by Crippen LogP contribution is -2.42. The molecule has 0 spiro atoms. The molecule has 1 aromatic heterocycles. The first-order valence-corrected chi connectivity index (χ1v) is 15.0. The number of nitrogens with one attached hydrogen (secondary N) is 2. The number of aromatic nitrogens is 2. The second-order valence-corrected chi connectivity index (χ2v) is 10.7. The predicted molar refractivity (Wildman–Crippen MR) is 177 cm³/mol. The standard InChI is InChI=1S/C36H36N4O6/c1-45-31-17-14-27(22-32(31)46-2)19-21-38-34(42)24-39-30-11-7-6-10-29(30)35(43)40(36(39)44)28-15-12-26(13-16-28)23-33(41)37-20-18-25-8-4-3-5-9-25/h3-17,22H,18-21,23-24H2,1-2H3,(H,37,41)(H,38,42). The van der Waals surface area contributed by atoms with Gasteiger partial charge in [-0.1, -0.05) is 60.7 Å². The number of hydrogen-bond donors (Lipinski definition) is 2. The summed E-state index contributed by atoms with van der Waals surface area (Å²) in [4.78, 5) is 52.7. The lowest BCUT2D eigenvalue weighted by Gasteiger charge is -2.15. The molecule has 0 aliphatic rings. The van der Waals surface area contributed by atoms with Crippen molar-refractivity contribution in [1.82, 2.24) is 19.8 Å². The van der Waals surface area contributed by atoms with Crippen LogP contribution in [0.4, 0.5) is 0 Å². The van der Waals surface area contributed by atoms with Gasteiger partial charge in [0, 0.05) is 13.1 Å². The minimum absolute atomic E-state index is 0.119. The number of amides is 2. The molecule has 2 amide bonds. The van der Waals surface area contributed by atoms with Gasteiger partial charge in [-0.2, -0.15) is 0 Å². The summed E-state index contributed by atoms with van der Waals surface area (Å²) in [5.74, 6) is 0.727. The van der Waals surface area contributed by atoms with Crippen molar-refractivity contribution in [1.29, 1.82) is 0 Å². The Labute approximate surface area is 266 Å². The molecule has 4 aromatic carbocycles. The Hall–Kier alpha value is -5.64. The fourth-order valence-electron chi connectivity index (χ4n) is 5.29. The summed E-state index contributed by atoms with van der Waals surface area (Å²) >= 11 is 0. The molecule has 1 heterocycles. The SMILES string of the molecule is COc1ccc(CCNC(=O)Cn2c(=O)n(-c3ccc(CC(=O)NCCc4ccccc4)cc3)c(=O)c3ccccc32)cc1OC. The molecule has 0 atom stereocenters. The Bertz CT molecular complexity index is 1950. The summed E-state index contributed by atoms with van der Waals surface area (Å²) in [5, 5.41) is 6.10. The molecule has 0 aliphatic carbocycles. The number of nitrogens with zero attached hydrogens (tertiary/aromatic N) is 2. The van der Waals surface area contributed by atoms with Crippen LogP contribution in [0.3, 0.4) is 0 Å². The van der Waals surface area contributed by atoms with Crippen molar-refractivity contribution in [3.63, 3.8) is 0 Å². The van der Waals surface area contributed by atoms with Crippen molar-refractivity contribution in [2.75, 3.05) is 27.3 Å². The number of methoxy groups -OCH3 is 2. The number of fused-ring (bicyclic) bond motifs is 1. The Balaban J connectivity index is 1.28. The molecule has 236 valence electrons. The number of carbonyl (C=O) groups is 2. The maximum absolute atomic E-state index is 13.7. The van der Waals surface area contributed by atoms with Gasteiger partial charge in [-0.3, -0.25) is 19.0 Å². The average molecular weight is 621 g/mol. The smallest absolute Gasteiger partial charge is 0.336 e. The highest BCUT2D eigenvalue weighted by molar-refractivity contribution is 5.82. The first-order chi connectivity index (χ1) is 22.4. The van der Waals surface area contributed by atoms with Gasteiger partial charge < -0.3 is 20.1 Å².